The Morgan fingerprint density at radius 2 is 1.96 bits per heavy atom. The van der Waals surface area contributed by atoms with E-state index in [4.69, 9.17) is 16.7 Å². The Kier molecular flexibility index (Phi) is 5.53. The van der Waals surface area contributed by atoms with Crippen molar-refractivity contribution in [3.63, 3.8) is 0 Å². The Labute approximate surface area is 164 Å². The van der Waals surface area contributed by atoms with Gasteiger partial charge in [0.25, 0.3) is 5.91 Å². The predicted molar refractivity (Wildman–Crippen MR) is 107 cm³/mol. The van der Waals surface area contributed by atoms with Crippen LogP contribution in [0.3, 0.4) is 0 Å². The number of carbonyl (C=O) groups excluding carboxylic acids is 1. The Balaban J connectivity index is 1.93. The maximum Gasteiger partial charge on any atom is 0.335 e. The molecule has 0 aliphatic carbocycles. The van der Waals surface area contributed by atoms with Gasteiger partial charge in [0.2, 0.25) is 0 Å². The van der Waals surface area contributed by atoms with E-state index in [-0.39, 0.29) is 17.2 Å². The zero-order chi connectivity index (χ0) is 19.6. The zero-order valence-electron chi connectivity index (χ0n) is 14.2. The molecule has 8 heteroatoms. The molecule has 0 radical (unpaired) electrons. The molecule has 1 fully saturated rings. The van der Waals surface area contributed by atoms with Crippen LogP contribution < -0.4 is 0 Å². The van der Waals surface area contributed by atoms with Gasteiger partial charge in [-0.05, 0) is 67.2 Å². The van der Waals surface area contributed by atoms with Gasteiger partial charge in [-0.2, -0.15) is 0 Å². The van der Waals surface area contributed by atoms with E-state index < -0.39 is 5.97 Å². The summed E-state index contributed by atoms with van der Waals surface area (Å²) in [5.74, 6) is -1.21. The first-order chi connectivity index (χ1) is 12.9. The van der Waals surface area contributed by atoms with Crippen molar-refractivity contribution < 1.29 is 19.8 Å². The number of amides is 1. The third-order valence-electron chi connectivity index (χ3n) is 3.82. The minimum absolute atomic E-state index is 0.0259. The van der Waals surface area contributed by atoms with Crippen molar-refractivity contribution in [3.8, 4) is 5.75 Å². The van der Waals surface area contributed by atoms with E-state index in [9.17, 15) is 14.7 Å². The number of aromatic carboxylic acids is 1. The number of amidine groups is 1. The normalized spacial score (nSPS) is 17.1. The molecule has 0 unspecified atom stereocenters. The molecule has 0 spiro atoms. The molecule has 0 bridgehead atoms. The van der Waals surface area contributed by atoms with Gasteiger partial charge in [0, 0.05) is 17.1 Å². The fraction of sp³-hybridized carbons (Fsp3) is 0.105. The number of phenolic OH excluding ortho intramolecular Hbond substituents is 1. The zero-order valence-corrected chi connectivity index (χ0v) is 15.8. The number of thioether (sulfide) groups is 1. The summed E-state index contributed by atoms with van der Waals surface area (Å²) in [5.41, 5.74) is 1.15. The van der Waals surface area contributed by atoms with Gasteiger partial charge in [0.15, 0.2) is 5.17 Å². The van der Waals surface area contributed by atoms with Gasteiger partial charge in [-0.25, -0.2) is 9.79 Å². The van der Waals surface area contributed by atoms with Crippen LogP contribution in [-0.2, 0) is 4.79 Å². The topological polar surface area (TPSA) is 90.2 Å². The number of aliphatic imine (C=N–C) groups is 1. The van der Waals surface area contributed by atoms with Gasteiger partial charge in [-0.3, -0.25) is 9.69 Å². The Bertz CT molecular complexity index is 970. The largest absolute Gasteiger partial charge is 0.507 e. The highest BCUT2D eigenvalue weighted by molar-refractivity contribution is 8.18. The average molecular weight is 403 g/mol. The lowest BCUT2D eigenvalue weighted by Crippen LogP contribution is -2.28. The molecular formula is C19H15ClN2O4S. The number of nitrogens with zero attached hydrogens (tertiary/aromatic N) is 2. The van der Waals surface area contributed by atoms with Crippen LogP contribution in [0.5, 0.6) is 5.75 Å². The van der Waals surface area contributed by atoms with Gasteiger partial charge < -0.3 is 10.2 Å². The number of halogens is 1. The highest BCUT2D eigenvalue weighted by Crippen LogP contribution is 2.35. The second-order valence-electron chi connectivity index (χ2n) is 5.61. The van der Waals surface area contributed by atoms with Gasteiger partial charge in [-0.1, -0.05) is 11.6 Å². The molecule has 2 aromatic carbocycles. The quantitative estimate of drug-likeness (QED) is 0.741. The first kappa shape index (κ1) is 19.0. The number of likely N-dealkylation sites (N-methyl/N-ethyl adjacent to an activating group) is 1. The number of rotatable bonds is 4. The Morgan fingerprint density at radius 3 is 2.59 bits per heavy atom. The fourth-order valence-electron chi connectivity index (χ4n) is 2.44. The van der Waals surface area contributed by atoms with Crippen molar-refractivity contribution in [1.29, 1.82) is 0 Å². The summed E-state index contributed by atoms with van der Waals surface area (Å²) >= 11 is 7.14. The van der Waals surface area contributed by atoms with Crippen LogP contribution >= 0.6 is 23.4 Å². The monoisotopic (exact) mass is 402 g/mol. The van der Waals surface area contributed by atoms with Crippen molar-refractivity contribution in [2.45, 2.75) is 6.92 Å². The minimum Gasteiger partial charge on any atom is -0.507 e. The molecule has 138 valence electrons. The van der Waals surface area contributed by atoms with E-state index in [0.29, 0.717) is 32.9 Å². The van der Waals surface area contributed by atoms with Gasteiger partial charge in [0.1, 0.15) is 5.75 Å². The van der Waals surface area contributed by atoms with E-state index in [1.807, 2.05) is 6.92 Å². The van der Waals surface area contributed by atoms with Gasteiger partial charge >= 0.3 is 5.97 Å². The maximum absolute atomic E-state index is 12.6. The summed E-state index contributed by atoms with van der Waals surface area (Å²) < 4.78 is 0. The number of phenols is 1. The summed E-state index contributed by atoms with van der Waals surface area (Å²) in [5, 5.41) is 19.9. The van der Waals surface area contributed by atoms with Gasteiger partial charge in [-0.15, -0.1) is 0 Å². The molecule has 2 N–H and O–H groups in total. The third-order valence-corrected chi connectivity index (χ3v) is 5.06. The molecule has 1 saturated heterocycles. The molecule has 0 aromatic heterocycles. The lowest BCUT2D eigenvalue weighted by molar-refractivity contribution is -0.122. The maximum atomic E-state index is 12.6. The second-order valence-corrected chi connectivity index (χ2v) is 7.06. The lowest BCUT2D eigenvalue weighted by atomic mass is 10.2. The number of hydrogen-bond donors (Lipinski definition) is 2. The van der Waals surface area contributed by atoms with Crippen molar-refractivity contribution in [1.82, 2.24) is 4.90 Å². The summed E-state index contributed by atoms with van der Waals surface area (Å²) in [6.45, 7) is 2.26. The highest BCUT2D eigenvalue weighted by Gasteiger charge is 2.32. The Hall–Kier alpha value is -2.77. The van der Waals surface area contributed by atoms with Crippen LogP contribution in [0.1, 0.15) is 22.8 Å². The molecule has 27 heavy (non-hydrogen) atoms. The first-order valence-corrected chi connectivity index (χ1v) is 9.20. The predicted octanol–water partition coefficient (Wildman–Crippen LogP) is 4.37. The minimum atomic E-state index is -1.01. The molecule has 1 aliphatic rings. The van der Waals surface area contributed by atoms with Gasteiger partial charge in [0.05, 0.1) is 16.2 Å². The molecule has 0 atom stereocenters. The van der Waals surface area contributed by atoms with E-state index in [0.717, 1.165) is 0 Å². The van der Waals surface area contributed by atoms with E-state index in [1.165, 1.54) is 34.9 Å². The lowest BCUT2D eigenvalue weighted by Gasteiger charge is -2.12. The van der Waals surface area contributed by atoms with Crippen molar-refractivity contribution in [2.24, 2.45) is 4.99 Å². The van der Waals surface area contributed by atoms with Crippen LogP contribution in [0.4, 0.5) is 5.69 Å². The number of benzene rings is 2. The fourth-order valence-corrected chi connectivity index (χ4v) is 3.68. The summed E-state index contributed by atoms with van der Waals surface area (Å²) in [4.78, 5) is 30.0. The van der Waals surface area contributed by atoms with E-state index in [1.54, 1.807) is 30.3 Å². The van der Waals surface area contributed by atoms with Crippen LogP contribution in [0, 0.1) is 0 Å². The Morgan fingerprint density at radius 1 is 1.26 bits per heavy atom. The SMILES string of the molecule is CCN1C(=O)C(=Cc2cc(Cl)ccc2O)SC1=Nc1ccc(C(=O)O)cc1. The number of aromatic hydroxyl groups is 1. The van der Waals surface area contributed by atoms with E-state index in [2.05, 4.69) is 4.99 Å². The summed E-state index contributed by atoms with van der Waals surface area (Å²) in [6, 6.07) is 10.7. The number of hydrogen-bond acceptors (Lipinski definition) is 5. The van der Waals surface area contributed by atoms with Crippen molar-refractivity contribution in [3.05, 3.63) is 63.5 Å². The standard InChI is InChI=1S/C19H15ClN2O4S/c1-2-22-17(24)16(10-12-9-13(20)5-8-15(12)23)27-19(22)21-14-6-3-11(4-7-14)18(25)26/h3-10,23H,2H2,1H3,(H,25,26). The molecule has 6 nitrogen and oxygen atoms in total. The molecular weight excluding hydrogens is 388 g/mol. The second kappa shape index (κ2) is 7.85. The van der Waals surface area contributed by atoms with Crippen molar-refractivity contribution in [2.75, 3.05) is 6.54 Å². The number of carbonyl (C=O) groups is 2. The summed E-state index contributed by atoms with van der Waals surface area (Å²) in [7, 11) is 0. The number of carboxylic acids is 1. The summed E-state index contributed by atoms with van der Waals surface area (Å²) in [6.07, 6.45) is 1.58. The first-order valence-electron chi connectivity index (χ1n) is 8.01. The van der Waals surface area contributed by atoms with Crippen LogP contribution in [0.25, 0.3) is 6.08 Å². The molecule has 1 heterocycles. The smallest absolute Gasteiger partial charge is 0.335 e. The van der Waals surface area contributed by atoms with Crippen LogP contribution in [-0.4, -0.2) is 38.7 Å². The third kappa shape index (κ3) is 4.15. The molecule has 1 amide bonds. The molecule has 1 aliphatic heterocycles. The van der Waals surface area contributed by atoms with Crippen molar-refractivity contribution >= 4 is 52.2 Å². The average Bonchev–Trinajstić information content (AvgIpc) is 2.93. The van der Waals surface area contributed by atoms with E-state index >= 15 is 0 Å². The number of carboxylic acid groups (broad SMARTS) is 1. The highest BCUT2D eigenvalue weighted by atomic mass is 35.5. The van der Waals surface area contributed by atoms with Crippen LogP contribution in [0.15, 0.2) is 52.4 Å². The molecule has 3 rings (SSSR count). The molecule has 2 aromatic rings. The molecule has 0 saturated carbocycles. The van der Waals surface area contributed by atoms with Crippen LogP contribution in [0.2, 0.25) is 5.02 Å².